The zero-order chi connectivity index (χ0) is 34.2. The Labute approximate surface area is 292 Å². The number of para-hydroxylation sites is 2. The second-order valence-electron chi connectivity index (χ2n) is 12.8. The second-order valence-corrected chi connectivity index (χ2v) is 12.8. The van der Waals surface area contributed by atoms with Gasteiger partial charge in [-0.05, 0) is 71.8 Å². The van der Waals surface area contributed by atoms with Crippen molar-refractivity contribution in [2.75, 3.05) is 4.90 Å². The van der Waals surface area contributed by atoms with Crippen molar-refractivity contribution < 1.29 is 9.59 Å². The van der Waals surface area contributed by atoms with Crippen LogP contribution in [0, 0.1) is 11.3 Å². The molecule has 9 aromatic rings. The summed E-state index contributed by atoms with van der Waals surface area (Å²) in [6.07, 6.45) is 0. The van der Waals surface area contributed by atoms with E-state index in [1.807, 2.05) is 36.4 Å². The predicted molar refractivity (Wildman–Crippen MR) is 203 cm³/mol. The van der Waals surface area contributed by atoms with Gasteiger partial charge in [0.25, 0.3) is 11.8 Å². The highest BCUT2D eigenvalue weighted by atomic mass is 16.2. The Hall–Kier alpha value is -7.23. The van der Waals surface area contributed by atoms with Gasteiger partial charge in [-0.15, -0.1) is 0 Å². The number of aromatic nitrogens is 2. The molecule has 6 heteroatoms. The third kappa shape index (κ3) is 4.09. The van der Waals surface area contributed by atoms with E-state index in [-0.39, 0.29) is 11.8 Å². The van der Waals surface area contributed by atoms with Crippen LogP contribution in [0.15, 0.2) is 158 Å². The summed E-state index contributed by atoms with van der Waals surface area (Å²) in [6.45, 7) is 0. The Bertz CT molecular complexity index is 2930. The fraction of sp³-hybridized carbons (Fsp3) is 0. The molecule has 6 nitrogen and oxygen atoms in total. The maximum absolute atomic E-state index is 13.9. The van der Waals surface area contributed by atoms with Gasteiger partial charge >= 0.3 is 0 Å². The molecule has 2 amide bonds. The molecular weight excluding hydrogens is 629 g/mol. The number of hydrogen-bond donors (Lipinski definition) is 0. The molecule has 0 unspecified atom stereocenters. The molecule has 0 N–H and O–H groups in total. The number of benzene rings is 7. The van der Waals surface area contributed by atoms with Gasteiger partial charge < -0.3 is 9.13 Å². The molecule has 3 heterocycles. The van der Waals surface area contributed by atoms with Gasteiger partial charge in [-0.3, -0.25) is 9.59 Å². The number of anilines is 1. The zero-order valence-electron chi connectivity index (χ0n) is 27.1. The minimum atomic E-state index is -0.386. The predicted octanol–water partition coefficient (Wildman–Crippen LogP) is 10.2. The molecule has 2 aromatic heterocycles. The van der Waals surface area contributed by atoms with Crippen molar-refractivity contribution in [3.05, 3.63) is 174 Å². The smallest absolute Gasteiger partial charge is 0.266 e. The molecule has 1 aliphatic heterocycles. The van der Waals surface area contributed by atoms with Crippen LogP contribution in [0.25, 0.3) is 66.1 Å². The molecule has 0 saturated heterocycles. The standard InChI is InChI=1S/C45H26N4O2/c46-27-28-18-24-39(49-44(50)34-13-4-5-14-35(34)45(49)51)41(26-28)48-37-16-8-6-12-32(37)33-23-25-40-42(43(33)48)36-15-7-9-17-38(36)47(40)31-21-19-30(20-22-31)29-10-2-1-3-11-29/h1-26H. The lowest BCUT2D eigenvalue weighted by molar-refractivity contribution is 0.0926. The molecular formula is C45H26N4O2. The van der Waals surface area contributed by atoms with Crippen molar-refractivity contribution in [3.63, 3.8) is 0 Å². The van der Waals surface area contributed by atoms with Crippen LogP contribution in [-0.4, -0.2) is 20.9 Å². The third-order valence-electron chi connectivity index (χ3n) is 10.1. The number of rotatable bonds is 4. The van der Waals surface area contributed by atoms with Crippen LogP contribution in [-0.2, 0) is 0 Å². The molecule has 1 aliphatic rings. The first-order chi connectivity index (χ1) is 25.1. The van der Waals surface area contributed by atoms with Gasteiger partial charge in [0.05, 0.1) is 56.2 Å². The lowest BCUT2D eigenvalue weighted by Gasteiger charge is -2.21. The molecule has 10 rings (SSSR count). The molecule has 0 atom stereocenters. The molecule has 0 aliphatic carbocycles. The quantitative estimate of drug-likeness (QED) is 0.177. The molecule has 7 aromatic carbocycles. The highest BCUT2D eigenvalue weighted by Gasteiger charge is 2.38. The summed E-state index contributed by atoms with van der Waals surface area (Å²) in [4.78, 5) is 29.1. The number of imide groups is 1. The van der Waals surface area contributed by atoms with E-state index in [0.717, 1.165) is 60.4 Å². The summed E-state index contributed by atoms with van der Waals surface area (Å²) in [6, 6.07) is 54.2. The van der Waals surface area contributed by atoms with Crippen LogP contribution in [0.5, 0.6) is 0 Å². The van der Waals surface area contributed by atoms with E-state index in [9.17, 15) is 14.9 Å². The van der Waals surface area contributed by atoms with Gasteiger partial charge in [0.2, 0.25) is 0 Å². The Morgan fingerprint density at radius 2 is 1.08 bits per heavy atom. The minimum absolute atomic E-state index is 0.365. The van der Waals surface area contributed by atoms with Crippen LogP contribution in [0.3, 0.4) is 0 Å². The maximum Gasteiger partial charge on any atom is 0.266 e. The number of amides is 2. The Kier molecular flexibility index (Phi) is 6.14. The van der Waals surface area contributed by atoms with E-state index in [1.165, 1.54) is 4.90 Å². The lowest BCUT2D eigenvalue weighted by Crippen LogP contribution is -2.30. The monoisotopic (exact) mass is 654 g/mol. The molecule has 238 valence electrons. The number of nitrogens with zero attached hydrogens (tertiary/aromatic N) is 4. The van der Waals surface area contributed by atoms with Crippen LogP contribution in [0.4, 0.5) is 5.69 Å². The van der Waals surface area contributed by atoms with Crippen molar-refractivity contribution in [2.45, 2.75) is 0 Å². The van der Waals surface area contributed by atoms with Gasteiger partial charge in [0.15, 0.2) is 0 Å². The molecule has 0 bridgehead atoms. The Morgan fingerprint density at radius 3 is 1.78 bits per heavy atom. The number of fused-ring (bicyclic) bond motifs is 8. The van der Waals surface area contributed by atoms with Crippen molar-refractivity contribution in [2.24, 2.45) is 0 Å². The van der Waals surface area contributed by atoms with Gasteiger partial charge in [0, 0.05) is 27.2 Å². The Morgan fingerprint density at radius 1 is 0.471 bits per heavy atom. The van der Waals surface area contributed by atoms with E-state index < -0.39 is 0 Å². The maximum atomic E-state index is 13.9. The van der Waals surface area contributed by atoms with Crippen molar-refractivity contribution in [3.8, 4) is 28.6 Å². The van der Waals surface area contributed by atoms with Gasteiger partial charge in [0.1, 0.15) is 0 Å². The lowest BCUT2D eigenvalue weighted by atomic mass is 10.1. The minimum Gasteiger partial charge on any atom is -0.309 e. The van der Waals surface area contributed by atoms with Crippen molar-refractivity contribution >= 4 is 61.1 Å². The highest BCUT2D eigenvalue weighted by molar-refractivity contribution is 6.35. The van der Waals surface area contributed by atoms with Crippen LogP contribution in [0.1, 0.15) is 26.3 Å². The van der Waals surface area contributed by atoms with Crippen molar-refractivity contribution in [1.82, 2.24) is 9.13 Å². The van der Waals surface area contributed by atoms with E-state index in [0.29, 0.717) is 28.1 Å². The second kappa shape index (κ2) is 10.9. The number of hydrogen-bond acceptors (Lipinski definition) is 3. The normalized spacial score (nSPS) is 12.7. The summed E-state index contributed by atoms with van der Waals surface area (Å²) in [5, 5.41) is 14.3. The summed E-state index contributed by atoms with van der Waals surface area (Å²) >= 11 is 0. The molecule has 0 spiro atoms. The van der Waals surface area contributed by atoms with Gasteiger partial charge in [-0.2, -0.15) is 5.26 Å². The van der Waals surface area contributed by atoms with E-state index in [1.54, 1.807) is 42.5 Å². The highest BCUT2D eigenvalue weighted by Crippen LogP contribution is 2.44. The van der Waals surface area contributed by atoms with Crippen molar-refractivity contribution in [1.29, 1.82) is 5.26 Å². The summed E-state index contributed by atoms with van der Waals surface area (Å²) < 4.78 is 4.42. The summed E-state index contributed by atoms with van der Waals surface area (Å²) in [5.41, 5.74) is 9.36. The molecule has 0 radical (unpaired) electrons. The summed E-state index contributed by atoms with van der Waals surface area (Å²) in [7, 11) is 0. The fourth-order valence-electron chi connectivity index (χ4n) is 7.84. The molecule has 0 saturated carbocycles. The van der Waals surface area contributed by atoms with E-state index in [2.05, 4.69) is 94.1 Å². The average molecular weight is 655 g/mol. The van der Waals surface area contributed by atoms with Crippen LogP contribution < -0.4 is 4.90 Å². The SMILES string of the molecule is N#Cc1ccc(N2C(=O)c3ccccc3C2=O)c(-n2c3ccccc3c3ccc4c(c5ccccc5n4-c4ccc(-c5ccccc5)cc4)c32)c1. The first-order valence-corrected chi connectivity index (χ1v) is 16.8. The van der Waals surface area contributed by atoms with E-state index >= 15 is 0 Å². The zero-order valence-corrected chi connectivity index (χ0v) is 27.1. The molecule has 51 heavy (non-hydrogen) atoms. The largest absolute Gasteiger partial charge is 0.309 e. The first kappa shape index (κ1) is 28.8. The van der Waals surface area contributed by atoms with E-state index in [4.69, 9.17) is 0 Å². The number of carbonyl (C=O) groups is 2. The molecule has 0 fully saturated rings. The average Bonchev–Trinajstić information content (AvgIpc) is 3.80. The van der Waals surface area contributed by atoms with Gasteiger partial charge in [-0.1, -0.05) is 97.1 Å². The van der Waals surface area contributed by atoms with Crippen LogP contribution >= 0.6 is 0 Å². The number of nitriles is 1. The van der Waals surface area contributed by atoms with Crippen LogP contribution in [0.2, 0.25) is 0 Å². The van der Waals surface area contributed by atoms with Gasteiger partial charge in [-0.25, -0.2) is 4.90 Å². The Balaban J connectivity index is 1.29. The number of carbonyl (C=O) groups excluding carboxylic acids is 2. The fourth-order valence-corrected chi connectivity index (χ4v) is 7.84. The topological polar surface area (TPSA) is 71.0 Å². The first-order valence-electron chi connectivity index (χ1n) is 16.8. The summed E-state index contributed by atoms with van der Waals surface area (Å²) in [5.74, 6) is -0.772. The third-order valence-corrected chi connectivity index (χ3v) is 10.1.